The van der Waals surface area contributed by atoms with Crippen LogP contribution in [0, 0.1) is 0 Å². The van der Waals surface area contributed by atoms with E-state index in [1.807, 2.05) is 6.92 Å². The Labute approximate surface area is 126 Å². The lowest BCUT2D eigenvalue weighted by molar-refractivity contribution is 0.0390. The molecular weight excluding hydrogens is 260 g/mol. The van der Waals surface area contributed by atoms with Gasteiger partial charge in [0.05, 0.1) is 12.7 Å². The second-order valence-electron chi connectivity index (χ2n) is 6.69. The van der Waals surface area contributed by atoms with Gasteiger partial charge in [0, 0.05) is 0 Å². The SMILES string of the molecule is COc1cc2c3c(ccc2cc1C(C)C)[C@](C)(O)CCC3. The van der Waals surface area contributed by atoms with Crippen LogP contribution in [0.1, 0.15) is 56.2 Å². The van der Waals surface area contributed by atoms with Gasteiger partial charge < -0.3 is 9.84 Å². The number of fused-ring (bicyclic) bond motifs is 3. The van der Waals surface area contributed by atoms with Crippen LogP contribution in [0.4, 0.5) is 0 Å². The molecule has 2 aromatic rings. The van der Waals surface area contributed by atoms with Crippen LogP contribution in [-0.2, 0) is 12.0 Å². The second-order valence-corrected chi connectivity index (χ2v) is 6.69. The molecular formula is C19H24O2. The maximum absolute atomic E-state index is 10.6. The molecule has 0 unspecified atom stereocenters. The third-order valence-electron chi connectivity index (χ3n) is 4.77. The molecule has 1 aliphatic rings. The van der Waals surface area contributed by atoms with E-state index in [0.29, 0.717) is 5.92 Å². The fourth-order valence-corrected chi connectivity index (χ4v) is 3.58. The first kappa shape index (κ1) is 14.4. The molecule has 2 heteroatoms. The lowest BCUT2D eigenvalue weighted by Crippen LogP contribution is -2.26. The summed E-state index contributed by atoms with van der Waals surface area (Å²) in [6, 6.07) is 8.64. The zero-order valence-corrected chi connectivity index (χ0v) is 13.4. The number of benzene rings is 2. The number of aliphatic hydroxyl groups is 1. The second kappa shape index (κ2) is 5.03. The van der Waals surface area contributed by atoms with Crippen molar-refractivity contribution in [1.82, 2.24) is 0 Å². The minimum Gasteiger partial charge on any atom is -0.496 e. The number of hydrogen-bond donors (Lipinski definition) is 1. The molecule has 0 aliphatic heterocycles. The molecule has 0 saturated heterocycles. The quantitative estimate of drug-likeness (QED) is 0.879. The van der Waals surface area contributed by atoms with E-state index in [9.17, 15) is 5.11 Å². The van der Waals surface area contributed by atoms with Crippen LogP contribution in [0.3, 0.4) is 0 Å². The minimum atomic E-state index is -0.703. The summed E-state index contributed by atoms with van der Waals surface area (Å²) in [6.07, 6.45) is 2.91. The average Bonchev–Trinajstić information content (AvgIpc) is 2.45. The maximum Gasteiger partial charge on any atom is 0.122 e. The van der Waals surface area contributed by atoms with Crippen LogP contribution < -0.4 is 4.74 Å². The Balaban J connectivity index is 2.29. The first-order valence-corrected chi connectivity index (χ1v) is 7.80. The molecule has 2 nitrogen and oxygen atoms in total. The molecule has 0 bridgehead atoms. The molecule has 2 aromatic carbocycles. The summed E-state index contributed by atoms with van der Waals surface area (Å²) in [5, 5.41) is 13.1. The van der Waals surface area contributed by atoms with Gasteiger partial charge in [-0.2, -0.15) is 0 Å². The Morgan fingerprint density at radius 1 is 1.24 bits per heavy atom. The van der Waals surface area contributed by atoms with Crippen molar-refractivity contribution in [3.63, 3.8) is 0 Å². The predicted octanol–water partition coefficient (Wildman–Crippen LogP) is 4.52. The van der Waals surface area contributed by atoms with Crippen molar-refractivity contribution in [2.24, 2.45) is 0 Å². The van der Waals surface area contributed by atoms with E-state index in [1.54, 1.807) is 7.11 Å². The molecule has 0 heterocycles. The largest absolute Gasteiger partial charge is 0.496 e. The summed E-state index contributed by atoms with van der Waals surface area (Å²) in [7, 11) is 1.73. The summed E-state index contributed by atoms with van der Waals surface area (Å²) in [5.74, 6) is 1.39. The Morgan fingerprint density at radius 2 is 2.00 bits per heavy atom. The Morgan fingerprint density at radius 3 is 2.67 bits per heavy atom. The monoisotopic (exact) mass is 284 g/mol. The molecule has 0 saturated carbocycles. The number of ether oxygens (including phenoxy) is 1. The number of rotatable bonds is 2. The Kier molecular flexibility index (Phi) is 3.45. The topological polar surface area (TPSA) is 29.5 Å². The molecule has 0 radical (unpaired) electrons. The summed E-state index contributed by atoms with van der Waals surface area (Å²) in [6.45, 7) is 6.30. The van der Waals surface area contributed by atoms with E-state index in [-0.39, 0.29) is 0 Å². The van der Waals surface area contributed by atoms with Crippen molar-refractivity contribution in [3.05, 3.63) is 41.0 Å². The highest BCUT2D eigenvalue weighted by molar-refractivity contribution is 5.89. The highest BCUT2D eigenvalue weighted by atomic mass is 16.5. The maximum atomic E-state index is 10.6. The van der Waals surface area contributed by atoms with E-state index < -0.39 is 5.60 Å². The van der Waals surface area contributed by atoms with Crippen LogP contribution in [0.25, 0.3) is 10.8 Å². The Bertz CT molecular complexity index is 684. The Hall–Kier alpha value is -1.54. The third-order valence-corrected chi connectivity index (χ3v) is 4.77. The standard InChI is InChI=1S/C19H24O2/c1-12(2)15-10-13-7-8-17-14(6-5-9-19(17,3)20)16(13)11-18(15)21-4/h7-8,10-12,20H,5-6,9H2,1-4H3/t19-/m1/s1. The van der Waals surface area contributed by atoms with Crippen LogP contribution in [0.15, 0.2) is 24.3 Å². The molecule has 1 atom stereocenters. The van der Waals surface area contributed by atoms with Gasteiger partial charge in [-0.05, 0) is 71.7 Å². The molecule has 1 aliphatic carbocycles. The molecule has 21 heavy (non-hydrogen) atoms. The van der Waals surface area contributed by atoms with Crippen LogP contribution in [0.5, 0.6) is 5.75 Å². The van der Waals surface area contributed by atoms with Gasteiger partial charge >= 0.3 is 0 Å². The van der Waals surface area contributed by atoms with Gasteiger partial charge in [-0.15, -0.1) is 0 Å². The van der Waals surface area contributed by atoms with Crippen molar-refractivity contribution in [2.45, 2.75) is 51.6 Å². The zero-order chi connectivity index (χ0) is 15.2. The lowest BCUT2D eigenvalue weighted by Gasteiger charge is -2.32. The van der Waals surface area contributed by atoms with Crippen molar-refractivity contribution >= 4 is 10.8 Å². The van der Waals surface area contributed by atoms with E-state index in [1.165, 1.54) is 21.9 Å². The molecule has 0 fully saturated rings. The molecule has 1 N–H and O–H groups in total. The van der Waals surface area contributed by atoms with E-state index in [2.05, 4.69) is 38.1 Å². The van der Waals surface area contributed by atoms with Gasteiger partial charge in [-0.25, -0.2) is 0 Å². The van der Waals surface area contributed by atoms with E-state index >= 15 is 0 Å². The van der Waals surface area contributed by atoms with Gasteiger partial charge in [0.15, 0.2) is 0 Å². The highest BCUT2D eigenvalue weighted by Crippen LogP contribution is 2.41. The number of hydrogen-bond acceptors (Lipinski definition) is 2. The lowest BCUT2D eigenvalue weighted by atomic mass is 9.78. The van der Waals surface area contributed by atoms with E-state index in [0.717, 1.165) is 30.6 Å². The first-order chi connectivity index (χ1) is 9.94. The first-order valence-electron chi connectivity index (χ1n) is 7.80. The zero-order valence-electron chi connectivity index (χ0n) is 13.4. The van der Waals surface area contributed by atoms with Crippen molar-refractivity contribution in [2.75, 3.05) is 7.11 Å². The number of methoxy groups -OCH3 is 1. The van der Waals surface area contributed by atoms with Gasteiger partial charge in [0.2, 0.25) is 0 Å². The van der Waals surface area contributed by atoms with Crippen LogP contribution in [-0.4, -0.2) is 12.2 Å². The average molecular weight is 284 g/mol. The summed E-state index contributed by atoms with van der Waals surface area (Å²) < 4.78 is 5.60. The summed E-state index contributed by atoms with van der Waals surface area (Å²) >= 11 is 0. The van der Waals surface area contributed by atoms with Gasteiger partial charge in [0.1, 0.15) is 5.75 Å². The van der Waals surface area contributed by atoms with Gasteiger partial charge in [0.25, 0.3) is 0 Å². The van der Waals surface area contributed by atoms with Crippen molar-refractivity contribution < 1.29 is 9.84 Å². The molecule has 3 rings (SSSR count). The molecule has 0 spiro atoms. The smallest absolute Gasteiger partial charge is 0.122 e. The van der Waals surface area contributed by atoms with Gasteiger partial charge in [-0.3, -0.25) is 0 Å². The highest BCUT2D eigenvalue weighted by Gasteiger charge is 2.30. The fraction of sp³-hybridized carbons (Fsp3) is 0.474. The normalized spacial score (nSPS) is 21.6. The van der Waals surface area contributed by atoms with Crippen LogP contribution in [0.2, 0.25) is 0 Å². The van der Waals surface area contributed by atoms with E-state index in [4.69, 9.17) is 4.74 Å². The molecule has 112 valence electrons. The minimum absolute atomic E-state index is 0.434. The summed E-state index contributed by atoms with van der Waals surface area (Å²) in [5.41, 5.74) is 2.91. The third kappa shape index (κ3) is 2.32. The fourth-order valence-electron chi connectivity index (χ4n) is 3.58. The molecule has 0 amide bonds. The predicted molar refractivity (Wildman–Crippen MR) is 87.1 cm³/mol. The van der Waals surface area contributed by atoms with Crippen molar-refractivity contribution in [1.29, 1.82) is 0 Å². The molecule has 0 aromatic heterocycles. The number of aryl methyl sites for hydroxylation is 1. The summed E-state index contributed by atoms with van der Waals surface area (Å²) in [4.78, 5) is 0. The van der Waals surface area contributed by atoms with Crippen molar-refractivity contribution in [3.8, 4) is 5.75 Å². The van der Waals surface area contributed by atoms with Gasteiger partial charge in [-0.1, -0.05) is 26.0 Å². The van der Waals surface area contributed by atoms with Crippen LogP contribution >= 0.6 is 0 Å².